The Morgan fingerprint density at radius 3 is 2.47 bits per heavy atom. The lowest BCUT2D eigenvalue weighted by Gasteiger charge is -2.17. The van der Waals surface area contributed by atoms with Crippen LogP contribution in [-0.4, -0.2) is 17.3 Å². The highest BCUT2D eigenvalue weighted by molar-refractivity contribution is 9.11. The summed E-state index contributed by atoms with van der Waals surface area (Å²) in [7, 11) is 0. The van der Waals surface area contributed by atoms with Crippen molar-refractivity contribution in [3.05, 3.63) is 21.2 Å². The van der Waals surface area contributed by atoms with Crippen LogP contribution in [0.2, 0.25) is 0 Å². The molecule has 1 heterocycles. The summed E-state index contributed by atoms with van der Waals surface area (Å²) < 4.78 is 42.2. The van der Waals surface area contributed by atoms with Crippen LogP contribution in [-0.2, 0) is 0 Å². The van der Waals surface area contributed by atoms with Crippen molar-refractivity contribution in [2.24, 2.45) is 0 Å². The summed E-state index contributed by atoms with van der Waals surface area (Å²) in [5, 5.41) is 0. The van der Waals surface area contributed by atoms with Crippen LogP contribution in [0.5, 0.6) is 5.88 Å². The first-order chi connectivity index (χ1) is 6.80. The number of pyridine rings is 1. The molecule has 1 rings (SSSR count). The molecule has 15 heavy (non-hydrogen) atoms. The lowest BCUT2D eigenvalue weighted by molar-refractivity contribution is -0.190. The molecule has 1 aromatic heterocycles. The van der Waals surface area contributed by atoms with E-state index in [0.717, 1.165) is 6.92 Å². The summed E-state index contributed by atoms with van der Waals surface area (Å²) in [6.07, 6.45) is -4.92. The molecule has 0 amide bonds. The van der Waals surface area contributed by atoms with Crippen LogP contribution < -0.4 is 4.74 Å². The van der Waals surface area contributed by atoms with Crippen LogP contribution in [0, 0.1) is 0 Å². The van der Waals surface area contributed by atoms with Gasteiger partial charge in [-0.05, 0) is 44.8 Å². The molecule has 0 saturated heterocycles. The molecule has 0 radical (unpaired) electrons. The lowest BCUT2D eigenvalue weighted by atomic mass is 10.4. The summed E-state index contributed by atoms with van der Waals surface area (Å²) in [4.78, 5) is 3.72. The molecule has 0 saturated carbocycles. The van der Waals surface area contributed by atoms with Crippen molar-refractivity contribution in [1.82, 2.24) is 4.98 Å². The molecular weight excluding hydrogens is 343 g/mol. The Morgan fingerprint density at radius 2 is 2.00 bits per heavy atom. The Morgan fingerprint density at radius 1 is 1.40 bits per heavy atom. The van der Waals surface area contributed by atoms with Gasteiger partial charge in [-0.25, -0.2) is 4.98 Å². The monoisotopic (exact) mass is 347 g/mol. The van der Waals surface area contributed by atoms with Crippen LogP contribution in [0.4, 0.5) is 13.2 Å². The molecule has 1 atom stereocenters. The molecule has 0 aliphatic rings. The second-order valence-corrected chi connectivity index (χ2v) is 4.51. The zero-order valence-corrected chi connectivity index (χ0v) is 10.6. The number of alkyl halides is 3. The quantitative estimate of drug-likeness (QED) is 0.807. The van der Waals surface area contributed by atoms with Crippen molar-refractivity contribution in [1.29, 1.82) is 0 Å². The SMILES string of the molecule is CC(Oc1ncc(Br)cc1Br)C(F)(F)F. The van der Waals surface area contributed by atoms with E-state index in [2.05, 4.69) is 41.6 Å². The number of halogens is 5. The van der Waals surface area contributed by atoms with Gasteiger partial charge in [0.2, 0.25) is 5.88 Å². The minimum atomic E-state index is -4.39. The summed E-state index contributed by atoms with van der Waals surface area (Å²) in [5.74, 6) is -0.0805. The maximum atomic E-state index is 12.2. The maximum Gasteiger partial charge on any atom is 0.425 e. The molecule has 1 unspecified atom stereocenters. The smallest absolute Gasteiger partial charge is 0.425 e. The van der Waals surface area contributed by atoms with Crippen LogP contribution in [0.3, 0.4) is 0 Å². The average Bonchev–Trinajstić information content (AvgIpc) is 2.08. The van der Waals surface area contributed by atoms with Gasteiger partial charge >= 0.3 is 6.18 Å². The van der Waals surface area contributed by atoms with Crippen LogP contribution in [0.15, 0.2) is 21.2 Å². The molecule has 84 valence electrons. The van der Waals surface area contributed by atoms with E-state index in [9.17, 15) is 13.2 Å². The number of ether oxygens (including phenoxy) is 1. The molecule has 0 bridgehead atoms. The molecule has 0 spiro atoms. The third-order valence-corrected chi connectivity index (χ3v) is 2.53. The third kappa shape index (κ3) is 3.64. The number of hydrogen-bond acceptors (Lipinski definition) is 2. The highest BCUT2D eigenvalue weighted by atomic mass is 79.9. The summed E-state index contributed by atoms with van der Waals surface area (Å²) in [6, 6.07) is 1.56. The molecule has 0 aliphatic heterocycles. The fourth-order valence-electron chi connectivity index (χ4n) is 0.723. The van der Waals surface area contributed by atoms with E-state index in [-0.39, 0.29) is 5.88 Å². The minimum absolute atomic E-state index is 0.0805. The molecule has 7 heteroatoms. The van der Waals surface area contributed by atoms with Gasteiger partial charge in [-0.3, -0.25) is 0 Å². The van der Waals surface area contributed by atoms with E-state index in [0.29, 0.717) is 8.95 Å². The van der Waals surface area contributed by atoms with Gasteiger partial charge in [0.05, 0.1) is 4.47 Å². The minimum Gasteiger partial charge on any atom is -0.464 e. The van der Waals surface area contributed by atoms with Crippen molar-refractivity contribution < 1.29 is 17.9 Å². The second-order valence-electron chi connectivity index (χ2n) is 2.74. The number of hydrogen-bond donors (Lipinski definition) is 0. The van der Waals surface area contributed by atoms with E-state index in [1.165, 1.54) is 6.20 Å². The third-order valence-electron chi connectivity index (χ3n) is 1.52. The lowest BCUT2D eigenvalue weighted by Crippen LogP contribution is -2.31. The normalized spacial score (nSPS) is 13.7. The standard InChI is InChI=1S/C8H6Br2F3NO/c1-4(8(11,12)13)15-7-6(10)2-5(9)3-14-7/h2-4H,1H3. The van der Waals surface area contributed by atoms with Crippen LogP contribution in [0.25, 0.3) is 0 Å². The van der Waals surface area contributed by atoms with E-state index in [1.807, 2.05) is 0 Å². The fourth-order valence-corrected chi connectivity index (χ4v) is 1.80. The Hall–Kier alpha value is -0.300. The van der Waals surface area contributed by atoms with E-state index in [1.54, 1.807) is 6.07 Å². The highest BCUT2D eigenvalue weighted by Gasteiger charge is 2.38. The van der Waals surface area contributed by atoms with Crippen molar-refractivity contribution >= 4 is 31.9 Å². The van der Waals surface area contributed by atoms with Gasteiger partial charge < -0.3 is 4.74 Å². The first-order valence-corrected chi connectivity index (χ1v) is 5.43. The van der Waals surface area contributed by atoms with Crippen LogP contribution >= 0.6 is 31.9 Å². The topological polar surface area (TPSA) is 22.1 Å². The maximum absolute atomic E-state index is 12.2. The van der Waals surface area contributed by atoms with E-state index >= 15 is 0 Å². The van der Waals surface area contributed by atoms with Crippen molar-refractivity contribution in [2.45, 2.75) is 19.2 Å². The predicted molar refractivity (Wildman–Crippen MR) is 55.8 cm³/mol. The van der Waals surface area contributed by atoms with Crippen molar-refractivity contribution in [2.75, 3.05) is 0 Å². The van der Waals surface area contributed by atoms with E-state index in [4.69, 9.17) is 0 Å². The van der Waals surface area contributed by atoms with Gasteiger partial charge in [0, 0.05) is 10.7 Å². The number of nitrogens with zero attached hydrogens (tertiary/aromatic N) is 1. The number of rotatable bonds is 2. The van der Waals surface area contributed by atoms with Crippen LogP contribution in [0.1, 0.15) is 6.92 Å². The zero-order chi connectivity index (χ0) is 11.6. The first kappa shape index (κ1) is 12.8. The van der Waals surface area contributed by atoms with Gasteiger partial charge in [-0.1, -0.05) is 0 Å². The zero-order valence-electron chi connectivity index (χ0n) is 7.48. The Bertz CT molecular complexity index is 356. The molecule has 1 aromatic rings. The largest absolute Gasteiger partial charge is 0.464 e. The number of aromatic nitrogens is 1. The van der Waals surface area contributed by atoms with Gasteiger partial charge in [0.1, 0.15) is 0 Å². The molecule has 0 N–H and O–H groups in total. The van der Waals surface area contributed by atoms with Crippen molar-refractivity contribution in [3.63, 3.8) is 0 Å². The van der Waals surface area contributed by atoms with Gasteiger partial charge in [-0.2, -0.15) is 13.2 Å². The summed E-state index contributed by atoms with van der Waals surface area (Å²) in [6.45, 7) is 0.927. The molecule has 2 nitrogen and oxygen atoms in total. The average molecular weight is 349 g/mol. The van der Waals surface area contributed by atoms with E-state index < -0.39 is 12.3 Å². The van der Waals surface area contributed by atoms with Gasteiger partial charge in [0.25, 0.3) is 0 Å². The Balaban J connectivity index is 2.82. The summed E-state index contributed by atoms with van der Waals surface area (Å²) >= 11 is 6.19. The Kier molecular flexibility index (Phi) is 3.99. The summed E-state index contributed by atoms with van der Waals surface area (Å²) in [5.41, 5.74) is 0. The molecule has 0 fully saturated rings. The van der Waals surface area contributed by atoms with Crippen molar-refractivity contribution in [3.8, 4) is 5.88 Å². The molecule has 0 aliphatic carbocycles. The first-order valence-electron chi connectivity index (χ1n) is 3.85. The highest BCUT2D eigenvalue weighted by Crippen LogP contribution is 2.29. The van der Waals surface area contributed by atoms with Gasteiger partial charge in [0.15, 0.2) is 6.10 Å². The second kappa shape index (κ2) is 4.69. The predicted octanol–water partition coefficient (Wildman–Crippen LogP) is 3.94. The molecule has 0 aromatic carbocycles. The molecular formula is C8H6Br2F3NO. The van der Waals surface area contributed by atoms with Gasteiger partial charge in [-0.15, -0.1) is 0 Å². The fraction of sp³-hybridized carbons (Fsp3) is 0.375. The Labute approximate surface area is 101 Å².